The van der Waals surface area contributed by atoms with Crippen molar-refractivity contribution in [3.63, 3.8) is 0 Å². The molecule has 0 saturated heterocycles. The number of nitro groups is 1. The van der Waals surface area contributed by atoms with Gasteiger partial charge in [0, 0.05) is 11.6 Å². The van der Waals surface area contributed by atoms with E-state index < -0.39 is 16.8 Å². The van der Waals surface area contributed by atoms with Crippen LogP contribution >= 0.6 is 11.3 Å². The van der Waals surface area contributed by atoms with E-state index in [1.807, 2.05) is 25.1 Å². The van der Waals surface area contributed by atoms with E-state index in [4.69, 9.17) is 4.74 Å². The van der Waals surface area contributed by atoms with Gasteiger partial charge in [0.1, 0.15) is 6.54 Å². The molecule has 3 rings (SSSR count). The molecular formula is C20H19N3O5S. The summed E-state index contributed by atoms with van der Waals surface area (Å²) in [4.78, 5) is 40.0. The zero-order valence-electron chi connectivity index (χ0n) is 16.2. The number of hydrogen-bond donors (Lipinski definition) is 0. The number of hydrogen-bond acceptors (Lipinski definition) is 6. The number of carbonyl (C=O) groups is 2. The molecule has 0 atom stereocenters. The maximum absolute atomic E-state index is 12.8. The molecule has 8 nitrogen and oxygen atoms in total. The molecule has 0 aliphatic heterocycles. The average molecular weight is 413 g/mol. The molecule has 1 amide bonds. The van der Waals surface area contributed by atoms with E-state index in [1.54, 1.807) is 11.5 Å². The lowest BCUT2D eigenvalue weighted by molar-refractivity contribution is -0.385. The van der Waals surface area contributed by atoms with Gasteiger partial charge < -0.3 is 9.30 Å². The number of thiazole rings is 1. The summed E-state index contributed by atoms with van der Waals surface area (Å²) in [5.41, 5.74) is 2.05. The van der Waals surface area contributed by atoms with Crippen LogP contribution in [0.15, 0.2) is 41.4 Å². The van der Waals surface area contributed by atoms with Crippen LogP contribution in [0.25, 0.3) is 10.2 Å². The first-order valence-corrected chi connectivity index (χ1v) is 9.72. The van der Waals surface area contributed by atoms with Crippen molar-refractivity contribution >= 4 is 39.1 Å². The number of aromatic nitrogens is 1. The summed E-state index contributed by atoms with van der Waals surface area (Å²) in [5, 5.41) is 11.2. The number of rotatable bonds is 5. The van der Waals surface area contributed by atoms with E-state index in [0.717, 1.165) is 15.8 Å². The highest BCUT2D eigenvalue weighted by Crippen LogP contribution is 2.22. The Kier molecular flexibility index (Phi) is 5.88. The molecule has 1 aromatic heterocycles. The van der Waals surface area contributed by atoms with Crippen LogP contribution in [0.4, 0.5) is 5.69 Å². The number of carbonyl (C=O) groups excluding carboxylic acids is 2. The van der Waals surface area contributed by atoms with E-state index in [9.17, 15) is 19.7 Å². The molecule has 0 unspecified atom stereocenters. The van der Waals surface area contributed by atoms with Gasteiger partial charge in [0.05, 0.1) is 27.3 Å². The number of aryl methyl sites for hydroxylation is 1. The summed E-state index contributed by atoms with van der Waals surface area (Å²) in [6.07, 6.45) is 0. The molecule has 0 aliphatic carbocycles. The molecule has 9 heteroatoms. The third-order valence-electron chi connectivity index (χ3n) is 4.36. The first-order chi connectivity index (χ1) is 13.8. The molecule has 0 bridgehead atoms. The summed E-state index contributed by atoms with van der Waals surface area (Å²) in [6, 6.07) is 10.0. The fourth-order valence-corrected chi connectivity index (χ4v) is 4.08. The lowest BCUT2D eigenvalue weighted by Crippen LogP contribution is -2.23. The molecule has 150 valence electrons. The highest BCUT2D eigenvalue weighted by molar-refractivity contribution is 7.16. The number of fused-ring (bicyclic) bond motifs is 1. The molecule has 0 aliphatic rings. The summed E-state index contributed by atoms with van der Waals surface area (Å²) >= 11 is 1.27. The maximum atomic E-state index is 12.8. The largest absolute Gasteiger partial charge is 0.465 e. The fourth-order valence-electron chi connectivity index (χ4n) is 2.95. The molecule has 29 heavy (non-hydrogen) atoms. The molecule has 0 N–H and O–H groups in total. The van der Waals surface area contributed by atoms with E-state index in [-0.39, 0.29) is 30.0 Å². The molecule has 1 heterocycles. The number of benzene rings is 2. The summed E-state index contributed by atoms with van der Waals surface area (Å²) in [7, 11) is 0. The fraction of sp³-hybridized carbons (Fsp3) is 0.250. The second kappa shape index (κ2) is 8.36. The van der Waals surface area contributed by atoms with E-state index in [2.05, 4.69) is 4.99 Å². The Morgan fingerprint density at radius 3 is 2.69 bits per heavy atom. The minimum absolute atomic E-state index is 0.0864. The van der Waals surface area contributed by atoms with Crippen molar-refractivity contribution in [2.24, 2.45) is 4.99 Å². The van der Waals surface area contributed by atoms with Gasteiger partial charge in [-0.2, -0.15) is 4.99 Å². The van der Waals surface area contributed by atoms with E-state index in [1.165, 1.54) is 36.5 Å². The second-order valence-corrected chi connectivity index (χ2v) is 7.38. The summed E-state index contributed by atoms with van der Waals surface area (Å²) < 4.78 is 7.54. The van der Waals surface area contributed by atoms with Gasteiger partial charge in [-0.15, -0.1) is 0 Å². The minimum atomic E-state index is -0.605. The van der Waals surface area contributed by atoms with Gasteiger partial charge in [-0.05, 0) is 44.5 Å². The summed E-state index contributed by atoms with van der Waals surface area (Å²) in [5.74, 6) is -1.04. The highest BCUT2D eigenvalue weighted by Gasteiger charge is 2.18. The molecule has 0 saturated carbocycles. The molecule has 3 aromatic rings. The molecule has 2 aromatic carbocycles. The van der Waals surface area contributed by atoms with Gasteiger partial charge in [0.25, 0.3) is 11.6 Å². The Morgan fingerprint density at radius 2 is 2.00 bits per heavy atom. The van der Waals surface area contributed by atoms with E-state index in [0.29, 0.717) is 4.80 Å². The summed E-state index contributed by atoms with van der Waals surface area (Å²) in [6.45, 7) is 5.35. The van der Waals surface area contributed by atoms with Crippen LogP contribution in [0.5, 0.6) is 0 Å². The van der Waals surface area contributed by atoms with Crippen molar-refractivity contribution < 1.29 is 19.2 Å². The van der Waals surface area contributed by atoms with Crippen molar-refractivity contribution in [3.8, 4) is 0 Å². The van der Waals surface area contributed by atoms with Crippen LogP contribution < -0.4 is 4.80 Å². The molecule has 0 radical (unpaired) electrons. The predicted octanol–water partition coefficient (Wildman–Crippen LogP) is 3.53. The second-order valence-electron chi connectivity index (χ2n) is 6.37. The Labute approximate surface area is 170 Å². The Hall–Kier alpha value is -3.33. The smallest absolute Gasteiger partial charge is 0.326 e. The molecule has 0 spiro atoms. The number of esters is 1. The SMILES string of the molecule is CCOC(=O)Cn1c(=NC(=O)c2cccc([N+](=O)[O-])c2C)sc2cc(C)ccc21. The number of nitrogens with zero attached hydrogens (tertiary/aromatic N) is 3. The Balaban J connectivity index is 2.14. The molecular weight excluding hydrogens is 394 g/mol. The van der Waals surface area contributed by atoms with Crippen LogP contribution in [0.2, 0.25) is 0 Å². The number of nitro benzene ring substituents is 1. The van der Waals surface area contributed by atoms with Gasteiger partial charge in [0.2, 0.25) is 0 Å². The lowest BCUT2D eigenvalue weighted by Gasteiger charge is -2.05. The highest BCUT2D eigenvalue weighted by atomic mass is 32.1. The van der Waals surface area contributed by atoms with E-state index >= 15 is 0 Å². The topological polar surface area (TPSA) is 104 Å². The standard InChI is InChI=1S/C20H19N3O5S/c1-4-28-18(24)11-22-16-9-8-12(2)10-17(16)29-20(22)21-19(25)14-6-5-7-15(13(14)3)23(26)27/h5-10H,4,11H2,1-3H3. The number of amides is 1. The quantitative estimate of drug-likeness (QED) is 0.362. The van der Waals surface area contributed by atoms with Crippen LogP contribution in [0.1, 0.15) is 28.4 Å². The predicted molar refractivity (Wildman–Crippen MR) is 109 cm³/mol. The van der Waals surface area contributed by atoms with Crippen LogP contribution in [0, 0.1) is 24.0 Å². The molecule has 0 fully saturated rings. The van der Waals surface area contributed by atoms with Crippen LogP contribution in [-0.2, 0) is 16.1 Å². The zero-order chi connectivity index (χ0) is 21.1. The third kappa shape index (κ3) is 4.24. The van der Waals surface area contributed by atoms with Gasteiger partial charge >= 0.3 is 5.97 Å². The monoisotopic (exact) mass is 413 g/mol. The van der Waals surface area contributed by atoms with Crippen molar-refractivity contribution in [1.29, 1.82) is 0 Å². The average Bonchev–Trinajstić information content (AvgIpc) is 2.97. The third-order valence-corrected chi connectivity index (χ3v) is 5.40. The first-order valence-electron chi connectivity index (χ1n) is 8.90. The van der Waals surface area contributed by atoms with Crippen molar-refractivity contribution in [2.45, 2.75) is 27.3 Å². The Bertz CT molecular complexity index is 1190. The normalized spacial score (nSPS) is 11.6. The van der Waals surface area contributed by atoms with Gasteiger partial charge in [-0.1, -0.05) is 23.5 Å². The maximum Gasteiger partial charge on any atom is 0.326 e. The van der Waals surface area contributed by atoms with Gasteiger partial charge in [-0.3, -0.25) is 19.7 Å². The lowest BCUT2D eigenvalue weighted by atomic mass is 10.1. The van der Waals surface area contributed by atoms with Crippen LogP contribution in [-0.4, -0.2) is 28.0 Å². The van der Waals surface area contributed by atoms with Crippen molar-refractivity contribution in [1.82, 2.24) is 4.57 Å². The Morgan fingerprint density at radius 1 is 1.24 bits per heavy atom. The number of ether oxygens (including phenoxy) is 1. The van der Waals surface area contributed by atoms with Gasteiger partial charge in [-0.25, -0.2) is 0 Å². The zero-order valence-corrected chi connectivity index (χ0v) is 17.0. The minimum Gasteiger partial charge on any atom is -0.465 e. The van der Waals surface area contributed by atoms with Gasteiger partial charge in [0.15, 0.2) is 4.80 Å². The first kappa shape index (κ1) is 20.4. The van der Waals surface area contributed by atoms with Crippen molar-refractivity contribution in [2.75, 3.05) is 6.61 Å². The van der Waals surface area contributed by atoms with Crippen molar-refractivity contribution in [3.05, 3.63) is 68.0 Å². The van der Waals surface area contributed by atoms with Crippen LogP contribution in [0.3, 0.4) is 0 Å².